The second kappa shape index (κ2) is 11.1. The number of anilines is 4. The molecule has 0 unspecified atom stereocenters. The van der Waals surface area contributed by atoms with E-state index in [-0.39, 0.29) is 0 Å². The van der Waals surface area contributed by atoms with E-state index in [1.165, 1.54) is 39.3 Å². The standard InChI is InChI=1S/C25H42N8/c1-9-30(26-5)22-20-17-18-15-13-14-16-19(18)21(20)23(31(10-2)27-6)25(33(12-4)29-8)24(22)32(11-3)28-7/h13-16,26-29H,9-12,17H2,1-8H3. The van der Waals surface area contributed by atoms with Gasteiger partial charge in [-0.05, 0) is 44.4 Å². The summed E-state index contributed by atoms with van der Waals surface area (Å²) in [6.45, 7) is 12.1. The summed E-state index contributed by atoms with van der Waals surface area (Å²) in [5.74, 6) is 0. The highest BCUT2D eigenvalue weighted by Crippen LogP contribution is 2.56. The van der Waals surface area contributed by atoms with E-state index in [4.69, 9.17) is 0 Å². The van der Waals surface area contributed by atoms with E-state index in [1.807, 2.05) is 28.2 Å². The van der Waals surface area contributed by atoms with Crippen molar-refractivity contribution in [3.63, 3.8) is 0 Å². The van der Waals surface area contributed by atoms with E-state index in [1.54, 1.807) is 0 Å². The quantitative estimate of drug-likeness (QED) is 0.312. The molecule has 0 amide bonds. The molecule has 4 N–H and O–H groups in total. The summed E-state index contributed by atoms with van der Waals surface area (Å²) in [5.41, 5.74) is 23.9. The van der Waals surface area contributed by atoms with Crippen LogP contribution < -0.4 is 41.7 Å². The molecular weight excluding hydrogens is 412 g/mol. The van der Waals surface area contributed by atoms with Gasteiger partial charge in [0.2, 0.25) is 0 Å². The van der Waals surface area contributed by atoms with Crippen LogP contribution in [-0.4, -0.2) is 54.4 Å². The minimum Gasteiger partial charge on any atom is -0.306 e. The normalized spacial score (nSPS) is 11.9. The summed E-state index contributed by atoms with van der Waals surface area (Å²) in [7, 11) is 8.01. The first-order valence-corrected chi connectivity index (χ1v) is 12.2. The van der Waals surface area contributed by atoms with Crippen LogP contribution in [0.15, 0.2) is 24.3 Å². The molecule has 0 spiro atoms. The molecule has 0 aromatic heterocycles. The topological polar surface area (TPSA) is 61.1 Å². The van der Waals surface area contributed by atoms with Crippen molar-refractivity contribution in [2.45, 2.75) is 34.1 Å². The van der Waals surface area contributed by atoms with Crippen molar-refractivity contribution in [1.29, 1.82) is 0 Å². The molecular formula is C25H42N8. The van der Waals surface area contributed by atoms with Crippen LogP contribution >= 0.6 is 0 Å². The van der Waals surface area contributed by atoms with Gasteiger partial charge in [-0.1, -0.05) is 24.3 Å². The summed E-state index contributed by atoms with van der Waals surface area (Å²) in [4.78, 5) is 0. The van der Waals surface area contributed by atoms with Crippen molar-refractivity contribution in [3.05, 3.63) is 35.4 Å². The second-order valence-corrected chi connectivity index (χ2v) is 7.95. The maximum Gasteiger partial charge on any atom is 0.104 e. The van der Waals surface area contributed by atoms with Crippen molar-refractivity contribution in [1.82, 2.24) is 21.7 Å². The summed E-state index contributed by atoms with van der Waals surface area (Å²) < 4.78 is 0. The molecule has 0 saturated heterocycles. The Morgan fingerprint density at radius 2 is 1.03 bits per heavy atom. The Hall–Kier alpha value is -2.52. The predicted octanol–water partition coefficient (Wildman–Crippen LogP) is 3.10. The van der Waals surface area contributed by atoms with Gasteiger partial charge in [0.05, 0.1) is 11.4 Å². The van der Waals surface area contributed by atoms with Crippen molar-refractivity contribution < 1.29 is 0 Å². The van der Waals surface area contributed by atoms with Crippen molar-refractivity contribution >= 4 is 22.7 Å². The highest BCUT2D eigenvalue weighted by atomic mass is 15.6. The lowest BCUT2D eigenvalue weighted by atomic mass is 9.97. The zero-order valence-corrected chi connectivity index (χ0v) is 21.6. The fourth-order valence-corrected chi connectivity index (χ4v) is 5.09. The van der Waals surface area contributed by atoms with Gasteiger partial charge in [-0.3, -0.25) is 0 Å². The molecule has 0 aliphatic heterocycles. The number of rotatable bonds is 12. The second-order valence-electron chi connectivity index (χ2n) is 7.95. The van der Waals surface area contributed by atoms with Gasteiger partial charge in [-0.25, -0.2) is 21.7 Å². The molecule has 0 saturated carbocycles. The first-order valence-electron chi connectivity index (χ1n) is 12.2. The molecule has 2 aromatic rings. The zero-order valence-electron chi connectivity index (χ0n) is 21.6. The fourth-order valence-electron chi connectivity index (χ4n) is 5.09. The Bertz CT molecular complexity index is 928. The first-order chi connectivity index (χ1) is 16.1. The third kappa shape index (κ3) is 4.24. The van der Waals surface area contributed by atoms with Gasteiger partial charge in [0.1, 0.15) is 11.4 Å². The van der Waals surface area contributed by atoms with Crippen LogP contribution in [0.5, 0.6) is 0 Å². The van der Waals surface area contributed by atoms with Gasteiger partial charge >= 0.3 is 0 Å². The van der Waals surface area contributed by atoms with Crippen molar-refractivity contribution in [3.8, 4) is 11.1 Å². The van der Waals surface area contributed by atoms with Gasteiger partial charge in [0, 0.05) is 66.4 Å². The summed E-state index contributed by atoms with van der Waals surface area (Å²) in [6, 6.07) is 8.83. The van der Waals surface area contributed by atoms with Gasteiger partial charge in [0.25, 0.3) is 0 Å². The van der Waals surface area contributed by atoms with Gasteiger partial charge < -0.3 is 20.0 Å². The molecule has 0 atom stereocenters. The average Bonchev–Trinajstić information content (AvgIpc) is 3.23. The Balaban J connectivity index is 2.59. The Morgan fingerprint density at radius 1 is 0.606 bits per heavy atom. The number of benzene rings is 2. The molecule has 3 rings (SSSR count). The number of fused-ring (bicyclic) bond motifs is 3. The lowest BCUT2D eigenvalue weighted by Crippen LogP contribution is -2.45. The van der Waals surface area contributed by atoms with Crippen LogP contribution in [0.4, 0.5) is 22.7 Å². The van der Waals surface area contributed by atoms with E-state index >= 15 is 0 Å². The predicted molar refractivity (Wildman–Crippen MR) is 143 cm³/mol. The SMILES string of the molecule is CCN(NC)c1c2c(c(N(CC)NC)c(N(CC)NC)c1N(CC)NC)-c1ccccc1C2. The Labute approximate surface area is 199 Å². The summed E-state index contributed by atoms with van der Waals surface area (Å²) >= 11 is 0. The molecule has 8 heteroatoms. The monoisotopic (exact) mass is 454 g/mol. The number of nitrogens with zero attached hydrogens (tertiary/aromatic N) is 4. The lowest BCUT2D eigenvalue weighted by Gasteiger charge is -2.40. The van der Waals surface area contributed by atoms with E-state index in [0.717, 1.165) is 38.3 Å². The van der Waals surface area contributed by atoms with Gasteiger partial charge in [-0.2, -0.15) is 0 Å². The molecule has 33 heavy (non-hydrogen) atoms. The molecule has 0 radical (unpaired) electrons. The van der Waals surface area contributed by atoms with E-state index in [0.29, 0.717) is 0 Å². The van der Waals surface area contributed by atoms with Gasteiger partial charge in [-0.15, -0.1) is 0 Å². The Morgan fingerprint density at radius 3 is 1.52 bits per heavy atom. The van der Waals surface area contributed by atoms with E-state index in [2.05, 4.69) is 93.7 Å². The zero-order chi connectivity index (χ0) is 24.1. The number of hydrogen-bond donors (Lipinski definition) is 4. The van der Waals surface area contributed by atoms with Crippen LogP contribution in [0, 0.1) is 0 Å². The lowest BCUT2D eigenvalue weighted by molar-refractivity contribution is 0.674. The fraction of sp³-hybridized carbons (Fsp3) is 0.520. The summed E-state index contributed by atoms with van der Waals surface area (Å²) in [5, 5.41) is 9.04. The highest BCUT2D eigenvalue weighted by molar-refractivity contribution is 6.06. The molecule has 0 heterocycles. The molecule has 1 aliphatic carbocycles. The molecule has 8 nitrogen and oxygen atoms in total. The van der Waals surface area contributed by atoms with Crippen LogP contribution in [-0.2, 0) is 6.42 Å². The van der Waals surface area contributed by atoms with Crippen LogP contribution in [0.2, 0.25) is 0 Å². The smallest absolute Gasteiger partial charge is 0.104 e. The maximum absolute atomic E-state index is 3.46. The average molecular weight is 455 g/mol. The minimum atomic E-state index is 0.824. The molecule has 0 bridgehead atoms. The van der Waals surface area contributed by atoms with E-state index < -0.39 is 0 Å². The number of hydrogen-bond acceptors (Lipinski definition) is 8. The highest BCUT2D eigenvalue weighted by Gasteiger charge is 2.36. The molecule has 0 fully saturated rings. The first kappa shape index (κ1) is 25.1. The van der Waals surface area contributed by atoms with Crippen LogP contribution in [0.25, 0.3) is 11.1 Å². The molecule has 2 aromatic carbocycles. The third-order valence-corrected chi connectivity index (χ3v) is 6.58. The third-order valence-electron chi connectivity index (χ3n) is 6.58. The van der Waals surface area contributed by atoms with Gasteiger partial charge in [0.15, 0.2) is 0 Å². The van der Waals surface area contributed by atoms with Crippen LogP contribution in [0.1, 0.15) is 38.8 Å². The Kier molecular flexibility index (Phi) is 8.42. The van der Waals surface area contributed by atoms with Crippen LogP contribution in [0.3, 0.4) is 0 Å². The number of nitrogens with one attached hydrogen (secondary N) is 4. The van der Waals surface area contributed by atoms with E-state index in [9.17, 15) is 0 Å². The van der Waals surface area contributed by atoms with Crippen molar-refractivity contribution in [2.24, 2.45) is 0 Å². The molecule has 1 aliphatic rings. The number of hydrazine groups is 4. The largest absolute Gasteiger partial charge is 0.306 e. The molecule has 182 valence electrons. The summed E-state index contributed by atoms with van der Waals surface area (Å²) in [6.07, 6.45) is 0.910. The minimum absolute atomic E-state index is 0.824. The van der Waals surface area contributed by atoms with Crippen molar-refractivity contribution in [2.75, 3.05) is 74.4 Å². The maximum atomic E-state index is 3.46.